The van der Waals surface area contributed by atoms with Gasteiger partial charge in [-0.25, -0.2) is 4.79 Å². The first-order chi connectivity index (χ1) is 7.79. The van der Waals surface area contributed by atoms with E-state index in [4.69, 9.17) is 4.74 Å². The van der Waals surface area contributed by atoms with Crippen LogP contribution in [0.1, 0.15) is 12.6 Å². The third-order valence-corrected chi connectivity index (χ3v) is 2.55. The molecule has 0 spiro atoms. The summed E-state index contributed by atoms with van der Waals surface area (Å²) in [4.78, 5) is 13.5. The van der Waals surface area contributed by atoms with Crippen molar-refractivity contribution in [3.05, 3.63) is 11.8 Å². The number of aromatic nitrogens is 2. The van der Waals surface area contributed by atoms with E-state index in [9.17, 15) is 4.79 Å². The number of aryl methyl sites for hydroxylation is 1. The van der Waals surface area contributed by atoms with Crippen LogP contribution in [0.2, 0.25) is 0 Å². The van der Waals surface area contributed by atoms with Gasteiger partial charge in [-0.05, 0) is 6.42 Å². The van der Waals surface area contributed by atoms with Crippen LogP contribution < -0.4 is 5.32 Å². The average molecular weight is 224 g/mol. The molecule has 1 saturated heterocycles. The van der Waals surface area contributed by atoms with Crippen LogP contribution >= 0.6 is 0 Å². The van der Waals surface area contributed by atoms with E-state index in [0.717, 1.165) is 12.1 Å². The van der Waals surface area contributed by atoms with Crippen LogP contribution in [0.5, 0.6) is 0 Å². The molecular formula is C10H16N4O2. The molecule has 0 aliphatic carbocycles. The maximum Gasteiger partial charge on any atom is 0.323 e. The van der Waals surface area contributed by atoms with Gasteiger partial charge in [0.15, 0.2) is 5.82 Å². The first-order valence-electron chi connectivity index (χ1n) is 5.47. The van der Waals surface area contributed by atoms with Crippen molar-refractivity contribution in [2.24, 2.45) is 0 Å². The van der Waals surface area contributed by atoms with Crippen LogP contribution in [0.15, 0.2) is 6.07 Å². The highest BCUT2D eigenvalue weighted by Gasteiger charge is 2.17. The number of urea groups is 1. The van der Waals surface area contributed by atoms with Crippen molar-refractivity contribution >= 4 is 11.8 Å². The highest BCUT2D eigenvalue weighted by atomic mass is 16.5. The molecule has 2 rings (SSSR count). The second-order valence-corrected chi connectivity index (χ2v) is 3.66. The monoisotopic (exact) mass is 224 g/mol. The van der Waals surface area contributed by atoms with Gasteiger partial charge in [0.05, 0.1) is 13.2 Å². The normalized spacial score (nSPS) is 16.2. The molecule has 2 amide bonds. The minimum atomic E-state index is -0.113. The van der Waals surface area contributed by atoms with Crippen LogP contribution in [-0.2, 0) is 11.2 Å². The molecule has 0 saturated carbocycles. The number of morpholine rings is 1. The van der Waals surface area contributed by atoms with Crippen molar-refractivity contribution in [3.8, 4) is 0 Å². The molecule has 0 aromatic carbocycles. The van der Waals surface area contributed by atoms with E-state index in [1.165, 1.54) is 0 Å². The molecule has 1 fully saturated rings. The lowest BCUT2D eigenvalue weighted by Crippen LogP contribution is -2.43. The summed E-state index contributed by atoms with van der Waals surface area (Å²) < 4.78 is 5.18. The minimum absolute atomic E-state index is 0.113. The molecule has 1 aromatic heterocycles. The van der Waals surface area contributed by atoms with E-state index in [2.05, 4.69) is 15.5 Å². The van der Waals surface area contributed by atoms with E-state index < -0.39 is 0 Å². The summed E-state index contributed by atoms with van der Waals surface area (Å²) >= 11 is 0. The summed E-state index contributed by atoms with van der Waals surface area (Å²) in [7, 11) is 0. The number of hydrogen-bond acceptors (Lipinski definition) is 3. The molecule has 2 heterocycles. The lowest BCUT2D eigenvalue weighted by Gasteiger charge is -2.26. The lowest BCUT2D eigenvalue weighted by atomic mass is 10.3. The Bertz CT molecular complexity index is 357. The molecular weight excluding hydrogens is 208 g/mol. The fraction of sp³-hybridized carbons (Fsp3) is 0.600. The molecule has 6 nitrogen and oxygen atoms in total. The molecule has 0 bridgehead atoms. The number of hydrogen-bond donors (Lipinski definition) is 2. The Morgan fingerprint density at radius 2 is 2.38 bits per heavy atom. The van der Waals surface area contributed by atoms with Crippen molar-refractivity contribution < 1.29 is 9.53 Å². The number of ether oxygens (including phenoxy) is 1. The Hall–Kier alpha value is -1.56. The molecule has 0 unspecified atom stereocenters. The summed E-state index contributed by atoms with van der Waals surface area (Å²) in [5, 5.41) is 9.62. The van der Waals surface area contributed by atoms with Gasteiger partial charge in [0.1, 0.15) is 0 Å². The van der Waals surface area contributed by atoms with E-state index in [0.29, 0.717) is 32.1 Å². The fourth-order valence-corrected chi connectivity index (χ4v) is 1.56. The van der Waals surface area contributed by atoms with E-state index >= 15 is 0 Å². The topological polar surface area (TPSA) is 70.2 Å². The van der Waals surface area contributed by atoms with E-state index in [1.807, 2.05) is 13.0 Å². The number of amides is 2. The smallest absolute Gasteiger partial charge is 0.323 e. The fourth-order valence-electron chi connectivity index (χ4n) is 1.56. The summed E-state index contributed by atoms with van der Waals surface area (Å²) in [5.74, 6) is 0.577. The standard InChI is InChI=1S/C10H16N4O2/c1-2-8-7-9(13-12-8)11-10(15)14-3-5-16-6-4-14/h7H,2-6H2,1H3,(H2,11,12,13,15). The first-order valence-corrected chi connectivity index (χ1v) is 5.47. The Balaban J connectivity index is 1.90. The molecule has 0 atom stereocenters. The van der Waals surface area contributed by atoms with Gasteiger partial charge in [0.25, 0.3) is 0 Å². The number of nitrogens with zero attached hydrogens (tertiary/aromatic N) is 2. The van der Waals surface area contributed by atoms with Crippen molar-refractivity contribution in [1.82, 2.24) is 15.1 Å². The maximum atomic E-state index is 11.8. The SMILES string of the molecule is CCc1cc(NC(=O)N2CCOCC2)n[nH]1. The molecule has 88 valence electrons. The average Bonchev–Trinajstić information content (AvgIpc) is 2.78. The number of aromatic amines is 1. The highest BCUT2D eigenvalue weighted by molar-refractivity contribution is 5.88. The molecule has 6 heteroatoms. The van der Waals surface area contributed by atoms with Crippen LogP contribution in [-0.4, -0.2) is 47.4 Å². The molecule has 1 aliphatic heterocycles. The Kier molecular flexibility index (Phi) is 3.40. The second-order valence-electron chi connectivity index (χ2n) is 3.66. The van der Waals surface area contributed by atoms with Crippen LogP contribution in [0.25, 0.3) is 0 Å². The molecule has 2 N–H and O–H groups in total. The number of anilines is 1. The zero-order valence-corrected chi connectivity index (χ0v) is 9.32. The maximum absolute atomic E-state index is 11.8. The number of rotatable bonds is 2. The number of carbonyl (C=O) groups excluding carboxylic acids is 1. The zero-order valence-electron chi connectivity index (χ0n) is 9.32. The summed E-state index contributed by atoms with van der Waals surface area (Å²) in [5.41, 5.74) is 1.01. The van der Waals surface area contributed by atoms with Gasteiger partial charge < -0.3 is 9.64 Å². The highest BCUT2D eigenvalue weighted by Crippen LogP contribution is 2.07. The second kappa shape index (κ2) is 4.98. The predicted octanol–water partition coefficient (Wildman–Crippen LogP) is 0.836. The Morgan fingerprint density at radius 1 is 1.62 bits per heavy atom. The summed E-state index contributed by atoms with van der Waals surface area (Å²) in [6, 6.07) is 1.73. The van der Waals surface area contributed by atoms with Crippen LogP contribution in [0.4, 0.5) is 10.6 Å². The lowest BCUT2D eigenvalue weighted by molar-refractivity contribution is 0.0564. The van der Waals surface area contributed by atoms with Gasteiger partial charge in [0, 0.05) is 24.8 Å². The van der Waals surface area contributed by atoms with Gasteiger partial charge in [-0.1, -0.05) is 6.92 Å². The van der Waals surface area contributed by atoms with Gasteiger partial charge in [-0.15, -0.1) is 0 Å². The van der Waals surface area contributed by atoms with E-state index in [-0.39, 0.29) is 6.03 Å². The number of carbonyl (C=O) groups is 1. The Morgan fingerprint density at radius 3 is 3.00 bits per heavy atom. The number of H-pyrrole nitrogens is 1. The van der Waals surface area contributed by atoms with Crippen molar-refractivity contribution in [1.29, 1.82) is 0 Å². The zero-order chi connectivity index (χ0) is 11.4. The van der Waals surface area contributed by atoms with Crippen LogP contribution in [0, 0.1) is 0 Å². The van der Waals surface area contributed by atoms with Crippen LogP contribution in [0.3, 0.4) is 0 Å². The molecule has 1 aliphatic rings. The Labute approximate surface area is 94.0 Å². The van der Waals surface area contributed by atoms with E-state index in [1.54, 1.807) is 4.90 Å². The van der Waals surface area contributed by atoms with Crippen molar-refractivity contribution in [2.45, 2.75) is 13.3 Å². The van der Waals surface area contributed by atoms with Gasteiger partial charge >= 0.3 is 6.03 Å². The van der Waals surface area contributed by atoms with Crippen molar-refractivity contribution in [2.75, 3.05) is 31.6 Å². The third kappa shape index (κ3) is 2.52. The van der Waals surface area contributed by atoms with Gasteiger partial charge in [-0.3, -0.25) is 10.4 Å². The number of nitrogens with one attached hydrogen (secondary N) is 2. The van der Waals surface area contributed by atoms with Gasteiger partial charge in [-0.2, -0.15) is 5.10 Å². The molecule has 16 heavy (non-hydrogen) atoms. The summed E-state index contributed by atoms with van der Waals surface area (Å²) in [6.45, 7) is 4.51. The van der Waals surface area contributed by atoms with Crippen molar-refractivity contribution in [3.63, 3.8) is 0 Å². The predicted molar refractivity (Wildman–Crippen MR) is 59.4 cm³/mol. The first kappa shape index (κ1) is 10.9. The minimum Gasteiger partial charge on any atom is -0.378 e. The largest absolute Gasteiger partial charge is 0.378 e. The summed E-state index contributed by atoms with van der Waals surface area (Å²) in [6.07, 6.45) is 0.875. The molecule has 1 aromatic rings. The third-order valence-electron chi connectivity index (χ3n) is 2.55. The quantitative estimate of drug-likeness (QED) is 0.782. The molecule has 0 radical (unpaired) electrons. The van der Waals surface area contributed by atoms with Gasteiger partial charge in [0.2, 0.25) is 0 Å².